The van der Waals surface area contributed by atoms with Crippen molar-refractivity contribution in [3.8, 4) is 0 Å². The lowest BCUT2D eigenvalue weighted by Gasteiger charge is -2.36. The molecule has 2 aromatic rings. The van der Waals surface area contributed by atoms with Gasteiger partial charge in [-0.25, -0.2) is 9.38 Å². The van der Waals surface area contributed by atoms with E-state index in [1.807, 2.05) is 19.1 Å². The number of benzene rings is 2. The van der Waals surface area contributed by atoms with Gasteiger partial charge in [-0.1, -0.05) is 24.3 Å². The summed E-state index contributed by atoms with van der Waals surface area (Å²) >= 11 is 0. The van der Waals surface area contributed by atoms with Gasteiger partial charge in [0.1, 0.15) is 5.82 Å². The predicted octanol–water partition coefficient (Wildman–Crippen LogP) is 3.62. The highest BCUT2D eigenvalue weighted by Crippen LogP contribution is 2.17. The Balaban J connectivity index is 0.00000280. The number of hydrogen-bond donors (Lipinski definition) is 1. The van der Waals surface area contributed by atoms with E-state index in [0.717, 1.165) is 49.6 Å². The molecule has 0 radical (unpaired) electrons. The number of halogens is 2. The Morgan fingerprint density at radius 2 is 1.61 bits per heavy atom. The number of guanidine groups is 1. The summed E-state index contributed by atoms with van der Waals surface area (Å²) in [5, 5.41) is 0. The zero-order valence-electron chi connectivity index (χ0n) is 16.2. The molecule has 0 unspecified atom stereocenters. The number of anilines is 1. The maximum atomic E-state index is 13.1. The quantitative estimate of drug-likeness (QED) is 0.376. The number of nitrogens with zero attached hydrogens (tertiary/aromatic N) is 3. The fourth-order valence-corrected chi connectivity index (χ4v) is 3.08. The van der Waals surface area contributed by atoms with Crippen LogP contribution in [0.1, 0.15) is 18.1 Å². The molecule has 1 saturated heterocycles. The van der Waals surface area contributed by atoms with Crippen LogP contribution in [-0.4, -0.2) is 43.6 Å². The maximum Gasteiger partial charge on any atom is 0.191 e. The van der Waals surface area contributed by atoms with Crippen molar-refractivity contribution in [2.75, 3.05) is 37.7 Å². The summed E-state index contributed by atoms with van der Waals surface area (Å²) in [4.78, 5) is 8.88. The summed E-state index contributed by atoms with van der Waals surface area (Å²) in [6, 6.07) is 14.9. The summed E-state index contributed by atoms with van der Waals surface area (Å²) in [5.41, 5.74) is 9.51. The molecule has 0 amide bonds. The third kappa shape index (κ3) is 6.34. The number of hydrogen-bond acceptors (Lipinski definition) is 3. The van der Waals surface area contributed by atoms with Crippen LogP contribution >= 0.6 is 24.0 Å². The first-order valence-corrected chi connectivity index (χ1v) is 9.36. The van der Waals surface area contributed by atoms with E-state index in [4.69, 9.17) is 10.5 Å². The number of aliphatic imine (C=N–C) groups is 1. The molecule has 0 bridgehead atoms. The molecule has 3 rings (SSSR count). The van der Waals surface area contributed by atoms with Crippen molar-refractivity contribution < 1.29 is 9.13 Å². The Kier molecular flexibility index (Phi) is 8.98. The normalized spacial score (nSPS) is 14.7. The lowest BCUT2D eigenvalue weighted by molar-refractivity contribution is 0.134. The molecule has 1 fully saturated rings. The van der Waals surface area contributed by atoms with Crippen molar-refractivity contribution >= 4 is 35.6 Å². The number of ether oxygens (including phenoxy) is 1. The molecular formula is C21H28FIN4O. The van der Waals surface area contributed by atoms with Crippen molar-refractivity contribution in [1.29, 1.82) is 0 Å². The minimum Gasteiger partial charge on any atom is -0.377 e. The zero-order chi connectivity index (χ0) is 19.1. The monoisotopic (exact) mass is 498 g/mol. The minimum atomic E-state index is -0.209. The van der Waals surface area contributed by atoms with E-state index < -0.39 is 0 Å². The highest BCUT2D eigenvalue weighted by atomic mass is 127. The van der Waals surface area contributed by atoms with Gasteiger partial charge in [-0.05, 0) is 42.3 Å². The van der Waals surface area contributed by atoms with Crippen molar-refractivity contribution in [3.05, 3.63) is 65.5 Å². The van der Waals surface area contributed by atoms with Gasteiger partial charge < -0.3 is 20.3 Å². The van der Waals surface area contributed by atoms with Gasteiger partial charge in [0.2, 0.25) is 0 Å². The van der Waals surface area contributed by atoms with Crippen molar-refractivity contribution in [3.63, 3.8) is 0 Å². The Bertz CT molecular complexity index is 744. The van der Waals surface area contributed by atoms with Crippen molar-refractivity contribution in [2.24, 2.45) is 10.7 Å². The molecule has 152 valence electrons. The lowest BCUT2D eigenvalue weighted by Crippen LogP contribution is -2.51. The number of rotatable bonds is 6. The van der Waals surface area contributed by atoms with Gasteiger partial charge in [0.15, 0.2) is 5.96 Å². The van der Waals surface area contributed by atoms with E-state index in [-0.39, 0.29) is 29.8 Å². The average Bonchev–Trinajstić information content (AvgIpc) is 2.72. The summed E-state index contributed by atoms with van der Waals surface area (Å²) < 4.78 is 18.5. The predicted molar refractivity (Wildman–Crippen MR) is 123 cm³/mol. The fourth-order valence-electron chi connectivity index (χ4n) is 3.08. The van der Waals surface area contributed by atoms with Gasteiger partial charge in [0, 0.05) is 38.5 Å². The first kappa shape index (κ1) is 22.4. The maximum absolute atomic E-state index is 13.1. The summed E-state index contributed by atoms with van der Waals surface area (Å²) in [6.07, 6.45) is 0. The zero-order valence-corrected chi connectivity index (χ0v) is 18.5. The molecule has 0 aromatic heterocycles. The molecule has 5 nitrogen and oxygen atoms in total. The molecule has 0 spiro atoms. The van der Waals surface area contributed by atoms with E-state index >= 15 is 0 Å². The second-order valence-electron chi connectivity index (χ2n) is 6.58. The first-order chi connectivity index (χ1) is 13.2. The van der Waals surface area contributed by atoms with Crippen LogP contribution in [0.2, 0.25) is 0 Å². The topological polar surface area (TPSA) is 54.1 Å². The summed E-state index contributed by atoms with van der Waals surface area (Å²) in [6.45, 7) is 7.21. The second-order valence-corrected chi connectivity index (χ2v) is 6.58. The van der Waals surface area contributed by atoms with Crippen LogP contribution in [0, 0.1) is 5.82 Å². The third-order valence-electron chi connectivity index (χ3n) is 4.71. The minimum absolute atomic E-state index is 0. The van der Waals surface area contributed by atoms with Crippen LogP contribution in [0.4, 0.5) is 10.1 Å². The van der Waals surface area contributed by atoms with Crippen LogP contribution in [0.25, 0.3) is 0 Å². The van der Waals surface area contributed by atoms with E-state index in [0.29, 0.717) is 19.1 Å². The molecular weight excluding hydrogens is 470 g/mol. The largest absolute Gasteiger partial charge is 0.377 e. The molecule has 0 atom stereocenters. The Morgan fingerprint density at radius 1 is 1.00 bits per heavy atom. The summed E-state index contributed by atoms with van der Waals surface area (Å²) in [5.74, 6) is 0.367. The van der Waals surface area contributed by atoms with Crippen LogP contribution in [0.5, 0.6) is 0 Å². The van der Waals surface area contributed by atoms with Gasteiger partial charge >= 0.3 is 0 Å². The highest BCUT2D eigenvalue weighted by molar-refractivity contribution is 14.0. The second kappa shape index (κ2) is 11.2. The molecule has 1 aliphatic rings. The molecule has 2 N–H and O–H groups in total. The van der Waals surface area contributed by atoms with E-state index in [1.54, 1.807) is 0 Å². The van der Waals surface area contributed by atoms with Crippen molar-refractivity contribution in [1.82, 2.24) is 4.90 Å². The van der Waals surface area contributed by atoms with Crippen LogP contribution in [0.15, 0.2) is 53.5 Å². The third-order valence-corrected chi connectivity index (χ3v) is 4.71. The average molecular weight is 498 g/mol. The van der Waals surface area contributed by atoms with Gasteiger partial charge in [0.05, 0.1) is 13.2 Å². The molecule has 0 aliphatic carbocycles. The Hall–Kier alpha value is -1.87. The van der Waals surface area contributed by atoms with Gasteiger partial charge in [-0.3, -0.25) is 0 Å². The van der Waals surface area contributed by atoms with E-state index in [9.17, 15) is 4.39 Å². The Morgan fingerprint density at radius 3 is 2.21 bits per heavy atom. The standard InChI is InChI=1S/C21H27FN4O.HI/c1-2-27-16-18-5-3-17(4-6-18)15-24-21(23)26-13-11-25(12-14-26)20-9-7-19(22)8-10-20;/h3-10H,2,11-16H2,1H3,(H2,23,24);1H. The lowest BCUT2D eigenvalue weighted by atomic mass is 10.1. The highest BCUT2D eigenvalue weighted by Gasteiger charge is 2.18. The SMILES string of the molecule is CCOCc1ccc(CN=C(N)N2CCN(c3ccc(F)cc3)CC2)cc1.I. The van der Waals surface area contributed by atoms with Gasteiger partial charge in [-0.15, -0.1) is 24.0 Å². The van der Waals surface area contributed by atoms with Crippen LogP contribution < -0.4 is 10.6 Å². The fraction of sp³-hybridized carbons (Fsp3) is 0.381. The molecule has 1 aliphatic heterocycles. The van der Waals surface area contributed by atoms with Gasteiger partial charge in [0.25, 0.3) is 0 Å². The van der Waals surface area contributed by atoms with E-state index in [1.165, 1.54) is 12.1 Å². The number of piperazine rings is 1. The molecule has 7 heteroatoms. The molecule has 28 heavy (non-hydrogen) atoms. The molecule has 1 heterocycles. The van der Waals surface area contributed by atoms with Gasteiger partial charge in [-0.2, -0.15) is 0 Å². The first-order valence-electron chi connectivity index (χ1n) is 9.36. The van der Waals surface area contributed by atoms with E-state index in [2.05, 4.69) is 39.1 Å². The van der Waals surface area contributed by atoms with Crippen LogP contribution in [0.3, 0.4) is 0 Å². The molecule has 2 aromatic carbocycles. The Labute approximate surface area is 183 Å². The smallest absolute Gasteiger partial charge is 0.191 e. The molecule has 0 saturated carbocycles. The van der Waals surface area contributed by atoms with Crippen LogP contribution in [-0.2, 0) is 17.9 Å². The van der Waals surface area contributed by atoms with Crippen molar-refractivity contribution in [2.45, 2.75) is 20.1 Å². The number of nitrogens with two attached hydrogens (primary N) is 1. The summed E-state index contributed by atoms with van der Waals surface area (Å²) in [7, 11) is 0.